The van der Waals surface area contributed by atoms with Crippen molar-refractivity contribution in [3.8, 4) is 0 Å². The summed E-state index contributed by atoms with van der Waals surface area (Å²) in [5.41, 5.74) is 0. The van der Waals surface area contributed by atoms with Crippen LogP contribution in [-0.2, 0) is 34.1 Å². The third-order valence-corrected chi connectivity index (χ3v) is 0. The Morgan fingerprint density at radius 3 is 0.750 bits per heavy atom. The molecule has 6 heteroatoms. The second-order valence-corrected chi connectivity index (χ2v) is 0. The van der Waals surface area contributed by atoms with Gasteiger partial charge in [0.15, 0.2) is 0 Å². The Kier molecular flexibility index (Phi) is 438. The van der Waals surface area contributed by atoms with E-state index in [-0.39, 0.29) is 140 Å². The summed E-state index contributed by atoms with van der Waals surface area (Å²) in [6.45, 7) is 9.50. The first-order valence-electron chi connectivity index (χ1n) is 0.447. The first-order valence-corrected chi connectivity index (χ1v) is 0.447. The number of hydrogen-bond donors (Lipinski definition) is 0. The van der Waals surface area contributed by atoms with Gasteiger partial charge in [0, 0.05) is 34.1 Å². The molecule has 0 N–H and O–H groups in total. The van der Waals surface area contributed by atoms with Gasteiger partial charge in [0.05, 0.1) is 0 Å². The summed E-state index contributed by atoms with van der Waals surface area (Å²) in [6, 6.07) is 0. The van der Waals surface area contributed by atoms with Gasteiger partial charge in [-0.3, -0.25) is 0 Å². The maximum atomic E-state index is 6.25. The van der Waals surface area contributed by atoms with Crippen molar-refractivity contribution in [2.75, 3.05) is 0 Å². The predicted octanol–water partition coefficient (Wildman–Crippen LogP) is -5.58. The Hall–Kier alpha value is 3.29. The molecule has 8 heavy (non-hydrogen) atoms. The van der Waals surface area contributed by atoms with Crippen LogP contribution in [0.15, 0.2) is 0 Å². The van der Waals surface area contributed by atoms with Crippen molar-refractivity contribution in [2.24, 2.45) is 0 Å². The van der Waals surface area contributed by atoms with E-state index in [1.165, 1.54) is 0 Å². The molecule has 0 aliphatic rings. The molecule has 2 nitrogen and oxygen atoms in total. The Bertz CT molecular complexity index is 38.7. The normalized spacial score (nSPS) is 0.500. The van der Waals surface area contributed by atoms with E-state index in [1.807, 2.05) is 0 Å². The Labute approximate surface area is 159 Å². The topological polar surface area (TPSA) is 47.6 Å². The average Bonchev–Trinajstić information content (AvgIpc) is 1.50. The molecule has 40 valence electrons. The minimum atomic E-state index is 0. The summed E-state index contributed by atoms with van der Waals surface area (Å²) in [6.07, 6.45) is 0. The van der Waals surface area contributed by atoms with E-state index in [2.05, 4.69) is 0 Å². The van der Waals surface area contributed by atoms with Gasteiger partial charge in [0.25, 0.3) is 0 Å². The first kappa shape index (κ1) is 42.7. The molecule has 0 bridgehead atoms. The van der Waals surface area contributed by atoms with E-state index in [4.69, 9.17) is 23.7 Å². The summed E-state index contributed by atoms with van der Waals surface area (Å²) in [5.74, 6) is 0. The molecule has 0 spiro atoms. The zero-order valence-corrected chi connectivity index (χ0v) is 13.1. The molecule has 0 fully saturated rings. The third kappa shape index (κ3) is 59.0. The van der Waals surface area contributed by atoms with Gasteiger partial charge in [-0.25, -0.2) is 0 Å². The second kappa shape index (κ2) is 82.0. The molecule has 0 amide bonds. The van der Waals surface area contributed by atoms with Crippen LogP contribution < -0.4 is 103 Å². The van der Waals surface area contributed by atoms with Gasteiger partial charge in [0.1, 0.15) is 0 Å². The van der Waals surface area contributed by atoms with E-state index in [1.54, 1.807) is 0 Å². The van der Waals surface area contributed by atoms with Gasteiger partial charge in [-0.1, -0.05) is 0 Å². The van der Waals surface area contributed by atoms with Crippen molar-refractivity contribution in [1.82, 2.24) is 0 Å². The van der Waals surface area contributed by atoms with Crippen LogP contribution in [0, 0.1) is 23.7 Å². The van der Waals surface area contributed by atoms with Gasteiger partial charge in [0.2, 0.25) is 0 Å². The maximum Gasteiger partial charge on any atom is 1.00 e. The Morgan fingerprint density at radius 2 is 0.750 bits per heavy atom. The summed E-state index contributed by atoms with van der Waals surface area (Å²) < 4.78 is 0. The van der Waals surface area contributed by atoms with Crippen molar-refractivity contribution in [1.29, 1.82) is 10.5 Å². The van der Waals surface area contributed by atoms with Crippen molar-refractivity contribution >= 4 is 0 Å². The molecule has 0 aromatic heterocycles. The van der Waals surface area contributed by atoms with E-state index in [0.29, 0.717) is 0 Å². The summed E-state index contributed by atoms with van der Waals surface area (Å²) in [4.78, 5) is 0. The van der Waals surface area contributed by atoms with Gasteiger partial charge in [-0.2, -0.15) is 0 Å². The molecule has 0 aromatic rings. The molecular weight excluding hydrogens is 242 g/mol. The van der Waals surface area contributed by atoms with Crippen molar-refractivity contribution in [3.63, 3.8) is 0 Å². The standard InChI is InChI=1S/2CN.2Fe.2K.2H/c2*1-2;;;;;;/q2*-1;;;2*+1;2*-1. The molecule has 0 saturated heterocycles. The maximum absolute atomic E-state index is 6.25. The van der Waals surface area contributed by atoms with Crippen LogP contribution in [0.25, 0.3) is 0 Å². The molecule has 0 heterocycles. The van der Waals surface area contributed by atoms with Crippen molar-refractivity contribution in [2.45, 2.75) is 0 Å². The zero-order chi connectivity index (χ0) is 4.00. The van der Waals surface area contributed by atoms with E-state index in [9.17, 15) is 0 Å². The Balaban J connectivity index is -0.000000000833. The zero-order valence-electron chi connectivity index (χ0n) is 6.60. The monoisotopic (exact) mass is 244 g/mol. The first-order chi connectivity index (χ1) is 2.00. The van der Waals surface area contributed by atoms with Crippen LogP contribution >= 0.6 is 0 Å². The smallest absolute Gasteiger partial charge is 1.00 e. The van der Waals surface area contributed by atoms with Crippen LogP contribution in [0.5, 0.6) is 0 Å². The van der Waals surface area contributed by atoms with Gasteiger partial charge < -0.3 is 26.5 Å². The van der Waals surface area contributed by atoms with Crippen molar-refractivity contribution in [3.05, 3.63) is 13.1 Å². The molecule has 0 rings (SSSR count). The summed E-state index contributed by atoms with van der Waals surface area (Å²) in [7, 11) is 0. The number of rotatable bonds is 0. The van der Waals surface area contributed by atoms with Gasteiger partial charge in [-0.05, 0) is 0 Å². The van der Waals surface area contributed by atoms with E-state index < -0.39 is 0 Å². The molecule has 0 aliphatic heterocycles. The van der Waals surface area contributed by atoms with Crippen LogP contribution in [0.1, 0.15) is 2.85 Å². The van der Waals surface area contributed by atoms with Crippen LogP contribution in [0.3, 0.4) is 0 Å². The molecule has 0 atom stereocenters. The van der Waals surface area contributed by atoms with Crippen LogP contribution in [0.2, 0.25) is 0 Å². The number of nitrogens with zero attached hydrogens (tertiary/aromatic N) is 2. The van der Waals surface area contributed by atoms with Crippen molar-refractivity contribution < 1.29 is 140 Å². The molecule has 0 unspecified atom stereocenters. The van der Waals surface area contributed by atoms with E-state index in [0.717, 1.165) is 0 Å². The second-order valence-electron chi connectivity index (χ2n) is 0. The molecule has 0 aromatic carbocycles. The number of hydrogen-bond acceptors (Lipinski definition) is 2. The fourth-order valence-electron chi connectivity index (χ4n) is 0. The van der Waals surface area contributed by atoms with Crippen LogP contribution in [0.4, 0.5) is 0 Å². The minimum Gasteiger partial charge on any atom is -1.00 e. The summed E-state index contributed by atoms with van der Waals surface area (Å²) >= 11 is 0. The SMILES string of the molecule is [C-]#N.[C-]#N.[Fe].[Fe].[H-].[H-].[K+].[K+]. The van der Waals surface area contributed by atoms with Gasteiger partial charge in [-0.15, -0.1) is 0 Å². The largest absolute Gasteiger partial charge is 1.00 e. The minimum absolute atomic E-state index is 0. The van der Waals surface area contributed by atoms with Crippen LogP contribution in [-0.4, -0.2) is 0 Å². The average molecular weight is 244 g/mol. The molecular formula is C2H2Fe2K2N2-2. The quantitative estimate of drug-likeness (QED) is 0.315. The third-order valence-electron chi connectivity index (χ3n) is 0. The van der Waals surface area contributed by atoms with Gasteiger partial charge >= 0.3 is 103 Å². The fourth-order valence-corrected chi connectivity index (χ4v) is 0. The molecule has 0 aliphatic carbocycles. The fraction of sp³-hybridized carbons (Fsp3) is 0. The summed E-state index contributed by atoms with van der Waals surface area (Å²) in [5, 5.41) is 12.5. The molecule has 0 radical (unpaired) electrons. The molecule has 0 saturated carbocycles. The Morgan fingerprint density at radius 1 is 0.750 bits per heavy atom. The van der Waals surface area contributed by atoms with E-state index >= 15 is 0 Å². The predicted molar refractivity (Wildman–Crippen MR) is 12.2 cm³/mol.